The van der Waals surface area contributed by atoms with Gasteiger partial charge in [0.25, 0.3) is 11.8 Å². The molecule has 0 spiro atoms. The lowest BCUT2D eigenvalue weighted by molar-refractivity contribution is -0.147. The number of para-hydroxylation sites is 1. The number of hydrogen-bond donors (Lipinski definition) is 1. The second kappa shape index (κ2) is 8.49. The first-order chi connectivity index (χ1) is 13.1. The van der Waals surface area contributed by atoms with E-state index in [0.717, 1.165) is 23.2 Å². The molecule has 0 saturated heterocycles. The smallest absolute Gasteiger partial charge is 0.308 e. The molecule has 0 atom stereocenters. The van der Waals surface area contributed by atoms with E-state index in [1.54, 1.807) is 17.0 Å². The summed E-state index contributed by atoms with van der Waals surface area (Å²) in [6.07, 6.45) is 0.822. The Morgan fingerprint density at radius 2 is 1.81 bits per heavy atom. The van der Waals surface area contributed by atoms with Gasteiger partial charge in [-0.25, -0.2) is 0 Å². The van der Waals surface area contributed by atoms with Crippen LogP contribution < -0.4 is 10.2 Å². The van der Waals surface area contributed by atoms with Gasteiger partial charge in [-0.2, -0.15) is 0 Å². The number of rotatable bonds is 6. The van der Waals surface area contributed by atoms with Gasteiger partial charge in [0.05, 0.1) is 6.42 Å². The SMILES string of the molecule is Cc1ccccc1C(=O)NCCC(=O)OCC(=O)N1CCc2ccccc21. The van der Waals surface area contributed by atoms with E-state index in [-0.39, 0.29) is 31.4 Å². The van der Waals surface area contributed by atoms with E-state index < -0.39 is 5.97 Å². The fraction of sp³-hybridized carbons (Fsp3) is 0.286. The van der Waals surface area contributed by atoms with Gasteiger partial charge in [-0.05, 0) is 36.6 Å². The van der Waals surface area contributed by atoms with E-state index in [9.17, 15) is 14.4 Å². The molecule has 1 aliphatic rings. The summed E-state index contributed by atoms with van der Waals surface area (Å²) in [5.41, 5.74) is 3.45. The minimum Gasteiger partial charge on any atom is -0.455 e. The van der Waals surface area contributed by atoms with Gasteiger partial charge in [0.15, 0.2) is 6.61 Å². The molecule has 0 radical (unpaired) electrons. The fourth-order valence-corrected chi connectivity index (χ4v) is 3.09. The number of hydrogen-bond acceptors (Lipinski definition) is 4. The van der Waals surface area contributed by atoms with E-state index >= 15 is 0 Å². The van der Waals surface area contributed by atoms with Crippen molar-refractivity contribution in [2.24, 2.45) is 0 Å². The predicted molar refractivity (Wildman–Crippen MR) is 102 cm³/mol. The summed E-state index contributed by atoms with van der Waals surface area (Å²) in [6, 6.07) is 14.9. The van der Waals surface area contributed by atoms with Crippen molar-refractivity contribution in [2.75, 3.05) is 24.6 Å². The summed E-state index contributed by atoms with van der Waals surface area (Å²) in [4.78, 5) is 37.9. The normalized spacial score (nSPS) is 12.4. The Hall–Kier alpha value is -3.15. The van der Waals surface area contributed by atoms with Crippen molar-refractivity contribution in [3.05, 3.63) is 65.2 Å². The van der Waals surface area contributed by atoms with Crippen LogP contribution in [0.25, 0.3) is 0 Å². The lowest BCUT2D eigenvalue weighted by Crippen LogP contribution is -2.33. The number of nitrogens with zero attached hydrogens (tertiary/aromatic N) is 1. The third-order valence-electron chi connectivity index (χ3n) is 4.55. The van der Waals surface area contributed by atoms with Crippen LogP contribution in [0.2, 0.25) is 0 Å². The lowest BCUT2D eigenvalue weighted by Gasteiger charge is -2.17. The van der Waals surface area contributed by atoms with Crippen LogP contribution >= 0.6 is 0 Å². The first-order valence-electron chi connectivity index (χ1n) is 8.94. The molecule has 2 aromatic rings. The third kappa shape index (κ3) is 4.53. The van der Waals surface area contributed by atoms with Crippen molar-refractivity contribution in [3.8, 4) is 0 Å². The number of carbonyl (C=O) groups is 3. The first-order valence-corrected chi connectivity index (χ1v) is 8.94. The summed E-state index contributed by atoms with van der Waals surface area (Å²) in [6.45, 7) is 2.32. The maximum atomic E-state index is 12.3. The zero-order valence-corrected chi connectivity index (χ0v) is 15.2. The molecule has 0 saturated carbocycles. The zero-order chi connectivity index (χ0) is 19.2. The van der Waals surface area contributed by atoms with Gasteiger partial charge in [-0.3, -0.25) is 14.4 Å². The highest BCUT2D eigenvalue weighted by Crippen LogP contribution is 2.27. The van der Waals surface area contributed by atoms with Crippen LogP contribution in [0.3, 0.4) is 0 Å². The average Bonchev–Trinajstić information content (AvgIpc) is 3.10. The zero-order valence-electron chi connectivity index (χ0n) is 15.2. The molecule has 2 amide bonds. The second-order valence-electron chi connectivity index (χ2n) is 6.41. The van der Waals surface area contributed by atoms with Crippen LogP contribution in [0.4, 0.5) is 5.69 Å². The molecule has 1 heterocycles. The van der Waals surface area contributed by atoms with Gasteiger partial charge < -0.3 is 15.0 Å². The highest BCUT2D eigenvalue weighted by molar-refractivity contribution is 5.97. The van der Waals surface area contributed by atoms with Crippen LogP contribution in [0.1, 0.15) is 27.9 Å². The third-order valence-corrected chi connectivity index (χ3v) is 4.55. The number of carbonyl (C=O) groups excluding carboxylic acids is 3. The standard InChI is InChI=1S/C21H22N2O4/c1-15-6-2-4-8-17(15)21(26)22-12-10-20(25)27-14-19(24)23-13-11-16-7-3-5-9-18(16)23/h2-9H,10-14H2,1H3,(H,22,26). The first kappa shape index (κ1) is 18.6. The summed E-state index contributed by atoms with van der Waals surface area (Å²) >= 11 is 0. The van der Waals surface area contributed by atoms with Crippen LogP contribution in [0, 0.1) is 6.92 Å². The van der Waals surface area contributed by atoms with Crippen LogP contribution in [-0.4, -0.2) is 37.5 Å². The molecule has 0 aromatic heterocycles. The highest BCUT2D eigenvalue weighted by Gasteiger charge is 2.24. The minimum atomic E-state index is -0.513. The van der Waals surface area contributed by atoms with E-state index in [4.69, 9.17) is 4.74 Å². The quantitative estimate of drug-likeness (QED) is 0.796. The summed E-state index contributed by atoms with van der Waals surface area (Å²) in [5.74, 6) is -0.983. The lowest BCUT2D eigenvalue weighted by atomic mass is 10.1. The molecule has 6 nitrogen and oxygen atoms in total. The van der Waals surface area contributed by atoms with Gasteiger partial charge in [0.2, 0.25) is 0 Å². The largest absolute Gasteiger partial charge is 0.455 e. The highest BCUT2D eigenvalue weighted by atomic mass is 16.5. The Balaban J connectivity index is 1.41. The van der Waals surface area contributed by atoms with Crippen molar-refractivity contribution >= 4 is 23.5 Å². The van der Waals surface area contributed by atoms with Crippen LogP contribution in [0.5, 0.6) is 0 Å². The van der Waals surface area contributed by atoms with Gasteiger partial charge in [-0.1, -0.05) is 36.4 Å². The number of anilines is 1. The topological polar surface area (TPSA) is 75.7 Å². The van der Waals surface area contributed by atoms with Crippen molar-refractivity contribution in [3.63, 3.8) is 0 Å². The average molecular weight is 366 g/mol. The fourth-order valence-electron chi connectivity index (χ4n) is 3.09. The molecule has 1 N–H and O–H groups in total. The molecule has 6 heteroatoms. The number of benzene rings is 2. The van der Waals surface area contributed by atoms with E-state index in [0.29, 0.717) is 12.1 Å². The van der Waals surface area contributed by atoms with Crippen molar-refractivity contribution in [1.29, 1.82) is 0 Å². The monoisotopic (exact) mass is 366 g/mol. The number of nitrogens with one attached hydrogen (secondary N) is 1. The van der Waals surface area contributed by atoms with E-state index in [1.807, 2.05) is 43.3 Å². The number of aryl methyl sites for hydroxylation is 1. The Morgan fingerprint density at radius 3 is 2.63 bits per heavy atom. The Bertz CT molecular complexity index is 863. The van der Waals surface area contributed by atoms with Crippen molar-refractivity contribution in [1.82, 2.24) is 5.32 Å². The van der Waals surface area contributed by atoms with Crippen molar-refractivity contribution < 1.29 is 19.1 Å². The Labute approximate surface area is 158 Å². The molecule has 140 valence electrons. The number of ether oxygens (including phenoxy) is 1. The molecular formula is C21H22N2O4. The van der Waals surface area contributed by atoms with Crippen LogP contribution in [0.15, 0.2) is 48.5 Å². The summed E-state index contributed by atoms with van der Waals surface area (Å²) in [7, 11) is 0. The molecule has 0 unspecified atom stereocenters. The molecular weight excluding hydrogens is 344 g/mol. The van der Waals surface area contributed by atoms with Gasteiger partial charge in [0, 0.05) is 24.3 Å². The maximum absolute atomic E-state index is 12.3. The van der Waals surface area contributed by atoms with E-state index in [2.05, 4.69) is 5.32 Å². The number of amides is 2. The molecule has 27 heavy (non-hydrogen) atoms. The molecule has 0 bridgehead atoms. The Kier molecular flexibility index (Phi) is 5.86. The molecule has 0 aliphatic carbocycles. The summed E-state index contributed by atoms with van der Waals surface area (Å²) in [5, 5.41) is 2.69. The van der Waals surface area contributed by atoms with Gasteiger partial charge >= 0.3 is 5.97 Å². The van der Waals surface area contributed by atoms with Gasteiger partial charge in [-0.15, -0.1) is 0 Å². The predicted octanol–water partition coefficient (Wildman–Crippen LogP) is 2.25. The van der Waals surface area contributed by atoms with E-state index in [1.165, 1.54) is 0 Å². The van der Waals surface area contributed by atoms with Crippen LogP contribution in [-0.2, 0) is 20.7 Å². The molecule has 3 rings (SSSR count). The summed E-state index contributed by atoms with van der Waals surface area (Å²) < 4.78 is 5.06. The minimum absolute atomic E-state index is 0.0154. The molecule has 2 aromatic carbocycles. The Morgan fingerprint density at radius 1 is 1.07 bits per heavy atom. The second-order valence-corrected chi connectivity index (χ2v) is 6.41. The molecule has 1 aliphatic heterocycles. The van der Waals surface area contributed by atoms with Gasteiger partial charge in [0.1, 0.15) is 0 Å². The number of esters is 1. The molecule has 0 fully saturated rings. The van der Waals surface area contributed by atoms with Crippen molar-refractivity contribution in [2.45, 2.75) is 19.8 Å². The number of fused-ring (bicyclic) bond motifs is 1. The maximum Gasteiger partial charge on any atom is 0.308 e.